The van der Waals surface area contributed by atoms with E-state index in [1.54, 1.807) is 23.1 Å². The fourth-order valence-corrected chi connectivity index (χ4v) is 2.08. The molecule has 0 saturated carbocycles. The first kappa shape index (κ1) is 16.0. The average Bonchev–Trinajstić information content (AvgIpc) is 2.40. The Morgan fingerprint density at radius 2 is 1.95 bits per heavy atom. The molecule has 0 radical (unpaired) electrons. The molecule has 19 heavy (non-hydrogen) atoms. The second kappa shape index (κ2) is 7.50. The summed E-state index contributed by atoms with van der Waals surface area (Å²) in [5.74, 6) is -0.385. The van der Waals surface area contributed by atoms with Gasteiger partial charge in [-0.05, 0) is 48.0 Å². The van der Waals surface area contributed by atoms with E-state index in [1.807, 2.05) is 13.8 Å². The Kier molecular flexibility index (Phi) is 6.31. The van der Waals surface area contributed by atoms with Gasteiger partial charge in [-0.15, -0.1) is 0 Å². The maximum atomic E-state index is 11.9. The Bertz CT molecular complexity index is 476. The molecule has 6 heteroatoms. The molecule has 0 spiro atoms. The van der Waals surface area contributed by atoms with E-state index < -0.39 is 0 Å². The maximum Gasteiger partial charge on any atom is 0.251 e. The van der Waals surface area contributed by atoms with Gasteiger partial charge in [-0.3, -0.25) is 9.59 Å². The first-order chi connectivity index (χ1) is 8.99. The molecule has 0 aliphatic heterocycles. The van der Waals surface area contributed by atoms with Gasteiger partial charge in [-0.2, -0.15) is 0 Å². The molecule has 0 aliphatic rings. The summed E-state index contributed by atoms with van der Waals surface area (Å²) in [6.07, 6.45) is 0. The highest BCUT2D eigenvalue weighted by Gasteiger charge is 2.12. The van der Waals surface area contributed by atoms with Gasteiger partial charge in [0.15, 0.2) is 0 Å². The van der Waals surface area contributed by atoms with Crippen LogP contribution < -0.4 is 5.32 Å². The van der Waals surface area contributed by atoms with Crippen molar-refractivity contribution in [2.45, 2.75) is 13.8 Å². The smallest absolute Gasteiger partial charge is 0.251 e. The van der Waals surface area contributed by atoms with Gasteiger partial charge in [0.1, 0.15) is 0 Å². The molecule has 1 rings (SSSR count). The van der Waals surface area contributed by atoms with Crippen molar-refractivity contribution in [3.05, 3.63) is 33.3 Å². The molecule has 0 aliphatic carbocycles. The molecule has 0 unspecified atom stereocenters. The Balaban J connectivity index is 2.60. The van der Waals surface area contributed by atoms with Crippen molar-refractivity contribution in [3.63, 3.8) is 0 Å². The van der Waals surface area contributed by atoms with E-state index in [-0.39, 0.29) is 18.4 Å². The lowest BCUT2D eigenvalue weighted by Crippen LogP contribution is -2.40. The molecule has 0 fully saturated rings. The van der Waals surface area contributed by atoms with E-state index in [9.17, 15) is 9.59 Å². The number of benzene rings is 1. The quantitative estimate of drug-likeness (QED) is 0.890. The number of nitrogens with zero attached hydrogens (tertiary/aromatic N) is 1. The third-order valence-electron chi connectivity index (χ3n) is 2.70. The molecular formula is C13H16BrClN2O2. The summed E-state index contributed by atoms with van der Waals surface area (Å²) >= 11 is 9.11. The zero-order chi connectivity index (χ0) is 14.4. The second-order valence-corrected chi connectivity index (χ2v) is 5.14. The summed E-state index contributed by atoms with van der Waals surface area (Å²) < 4.78 is 0.650. The van der Waals surface area contributed by atoms with Crippen molar-refractivity contribution in [1.82, 2.24) is 10.2 Å². The number of amides is 2. The van der Waals surface area contributed by atoms with Crippen molar-refractivity contribution >= 4 is 39.3 Å². The fourth-order valence-electron chi connectivity index (χ4n) is 1.58. The summed E-state index contributed by atoms with van der Waals surface area (Å²) in [5, 5.41) is 3.14. The molecule has 0 saturated heterocycles. The summed E-state index contributed by atoms with van der Waals surface area (Å²) in [4.78, 5) is 25.3. The Morgan fingerprint density at radius 3 is 2.47 bits per heavy atom. The van der Waals surface area contributed by atoms with Gasteiger partial charge < -0.3 is 10.2 Å². The van der Waals surface area contributed by atoms with E-state index in [0.717, 1.165) is 0 Å². The molecule has 0 heterocycles. The van der Waals surface area contributed by atoms with Gasteiger partial charge in [0, 0.05) is 23.1 Å². The maximum absolute atomic E-state index is 11.9. The fraction of sp³-hybridized carbons (Fsp3) is 0.385. The first-order valence-corrected chi connectivity index (χ1v) is 7.17. The molecule has 104 valence electrons. The Labute approximate surface area is 126 Å². The zero-order valence-electron chi connectivity index (χ0n) is 10.9. The topological polar surface area (TPSA) is 49.4 Å². The summed E-state index contributed by atoms with van der Waals surface area (Å²) in [6, 6.07) is 4.87. The average molecular weight is 348 g/mol. The van der Waals surface area contributed by atoms with E-state index in [4.69, 9.17) is 11.6 Å². The number of carbonyl (C=O) groups is 2. The molecule has 0 bridgehead atoms. The van der Waals surface area contributed by atoms with E-state index in [1.165, 1.54) is 0 Å². The summed E-state index contributed by atoms with van der Waals surface area (Å²) in [5.41, 5.74) is 0.462. The van der Waals surface area contributed by atoms with Crippen LogP contribution in [0, 0.1) is 0 Å². The van der Waals surface area contributed by atoms with Gasteiger partial charge in [0.2, 0.25) is 5.91 Å². The predicted molar refractivity (Wildman–Crippen MR) is 79.4 cm³/mol. The van der Waals surface area contributed by atoms with Crippen molar-refractivity contribution in [2.75, 3.05) is 19.6 Å². The highest BCUT2D eigenvalue weighted by atomic mass is 79.9. The van der Waals surface area contributed by atoms with Crippen molar-refractivity contribution in [1.29, 1.82) is 0 Å². The van der Waals surface area contributed by atoms with Gasteiger partial charge in [0.25, 0.3) is 5.91 Å². The SMILES string of the molecule is CCN(CC)C(=O)CNC(=O)c1ccc(Cl)c(Br)c1. The van der Waals surface area contributed by atoms with Crippen LogP contribution in [0.2, 0.25) is 5.02 Å². The van der Waals surface area contributed by atoms with E-state index in [0.29, 0.717) is 28.1 Å². The largest absolute Gasteiger partial charge is 0.343 e. The van der Waals surface area contributed by atoms with E-state index >= 15 is 0 Å². The molecular weight excluding hydrogens is 332 g/mol. The predicted octanol–water partition coefficient (Wildman–Crippen LogP) is 2.70. The molecule has 0 aromatic heterocycles. The Morgan fingerprint density at radius 1 is 1.32 bits per heavy atom. The minimum Gasteiger partial charge on any atom is -0.343 e. The van der Waals surface area contributed by atoms with E-state index in [2.05, 4.69) is 21.2 Å². The van der Waals surface area contributed by atoms with Crippen LogP contribution in [0.1, 0.15) is 24.2 Å². The highest BCUT2D eigenvalue weighted by Crippen LogP contribution is 2.23. The normalized spacial score (nSPS) is 10.1. The van der Waals surface area contributed by atoms with Crippen LogP contribution in [0.3, 0.4) is 0 Å². The van der Waals surface area contributed by atoms with Crippen molar-refractivity contribution in [2.24, 2.45) is 0 Å². The highest BCUT2D eigenvalue weighted by molar-refractivity contribution is 9.10. The number of hydrogen-bond donors (Lipinski definition) is 1. The van der Waals surface area contributed by atoms with Crippen LogP contribution >= 0.6 is 27.5 Å². The lowest BCUT2D eigenvalue weighted by molar-refractivity contribution is -0.129. The minimum atomic E-state index is -0.294. The molecule has 0 atom stereocenters. The number of likely N-dealkylation sites (N-methyl/N-ethyl adjacent to an activating group) is 1. The number of rotatable bonds is 5. The second-order valence-electron chi connectivity index (χ2n) is 3.88. The summed E-state index contributed by atoms with van der Waals surface area (Å²) in [7, 11) is 0. The Hall–Kier alpha value is -1.07. The van der Waals surface area contributed by atoms with Crippen LogP contribution in [0.15, 0.2) is 22.7 Å². The summed E-state index contributed by atoms with van der Waals surface area (Å²) in [6.45, 7) is 5.08. The number of halogens is 2. The van der Waals surface area contributed by atoms with Crippen LogP contribution in [0.5, 0.6) is 0 Å². The van der Waals surface area contributed by atoms with Crippen molar-refractivity contribution < 1.29 is 9.59 Å². The lowest BCUT2D eigenvalue weighted by atomic mass is 10.2. The van der Waals surface area contributed by atoms with Crippen LogP contribution in [-0.4, -0.2) is 36.3 Å². The number of hydrogen-bond acceptors (Lipinski definition) is 2. The van der Waals surface area contributed by atoms with Gasteiger partial charge in [0.05, 0.1) is 11.6 Å². The first-order valence-electron chi connectivity index (χ1n) is 6.00. The van der Waals surface area contributed by atoms with Gasteiger partial charge in [-0.25, -0.2) is 0 Å². The monoisotopic (exact) mass is 346 g/mol. The number of nitrogens with one attached hydrogen (secondary N) is 1. The standard InChI is InChI=1S/C13H16BrClN2O2/c1-3-17(4-2)12(18)8-16-13(19)9-5-6-11(15)10(14)7-9/h5-7H,3-4,8H2,1-2H3,(H,16,19). The molecule has 1 N–H and O–H groups in total. The molecule has 1 aromatic carbocycles. The van der Waals surface area contributed by atoms with Crippen molar-refractivity contribution in [3.8, 4) is 0 Å². The van der Waals surface area contributed by atoms with Crippen LogP contribution in [-0.2, 0) is 4.79 Å². The zero-order valence-corrected chi connectivity index (χ0v) is 13.2. The van der Waals surface area contributed by atoms with Gasteiger partial charge >= 0.3 is 0 Å². The number of carbonyl (C=O) groups excluding carboxylic acids is 2. The lowest BCUT2D eigenvalue weighted by Gasteiger charge is -2.18. The van der Waals surface area contributed by atoms with Gasteiger partial charge in [-0.1, -0.05) is 11.6 Å². The van der Waals surface area contributed by atoms with Crippen LogP contribution in [0.4, 0.5) is 0 Å². The van der Waals surface area contributed by atoms with Crippen LogP contribution in [0.25, 0.3) is 0 Å². The molecule has 2 amide bonds. The molecule has 4 nitrogen and oxygen atoms in total. The molecule has 1 aromatic rings. The minimum absolute atomic E-state index is 0.000753. The third kappa shape index (κ3) is 4.51. The third-order valence-corrected chi connectivity index (χ3v) is 3.91.